The van der Waals surface area contributed by atoms with Crippen LogP contribution < -0.4 is 5.69 Å². The summed E-state index contributed by atoms with van der Waals surface area (Å²) >= 11 is 5.84. The van der Waals surface area contributed by atoms with Crippen LogP contribution in [-0.2, 0) is 14.1 Å². The lowest BCUT2D eigenvalue weighted by atomic mass is 10.2. The molecule has 0 atom stereocenters. The molecule has 0 N–H and O–H groups in total. The molecule has 0 aliphatic rings. The Hall–Kier alpha value is -1.62. The second-order valence-electron chi connectivity index (χ2n) is 3.62. The van der Waals surface area contributed by atoms with Crippen molar-refractivity contribution in [3.8, 4) is 11.4 Å². The quantitative estimate of drug-likeness (QED) is 0.701. The first-order valence-corrected chi connectivity index (χ1v) is 5.11. The molecule has 0 unspecified atom stereocenters. The van der Waals surface area contributed by atoms with Crippen LogP contribution >= 0.6 is 11.6 Å². The summed E-state index contributed by atoms with van der Waals surface area (Å²) in [6, 6.07) is 1.86. The molecule has 2 rings (SSSR count). The summed E-state index contributed by atoms with van der Waals surface area (Å²) in [5.74, 6) is 0.583. The number of hydrogen-bond acceptors (Lipinski definition) is 3. The van der Waals surface area contributed by atoms with Crippen LogP contribution in [0.25, 0.3) is 11.4 Å². The molecule has 2 aromatic rings. The molecule has 2 heterocycles. The van der Waals surface area contributed by atoms with E-state index in [0.717, 1.165) is 11.1 Å². The van der Waals surface area contributed by atoms with Crippen molar-refractivity contribution in [2.75, 3.05) is 0 Å². The zero-order chi connectivity index (χ0) is 11.9. The molecule has 6 heteroatoms. The van der Waals surface area contributed by atoms with Gasteiger partial charge in [-0.3, -0.25) is 4.57 Å². The highest BCUT2D eigenvalue weighted by Crippen LogP contribution is 2.19. The molecule has 2 aromatic heterocycles. The topological polar surface area (TPSA) is 52.7 Å². The van der Waals surface area contributed by atoms with Gasteiger partial charge < -0.3 is 0 Å². The van der Waals surface area contributed by atoms with Crippen molar-refractivity contribution in [2.45, 2.75) is 6.92 Å². The lowest BCUT2D eigenvalue weighted by molar-refractivity contribution is 0.714. The largest absolute Gasteiger partial charge is 0.345 e. The molecule has 0 saturated carbocycles. The molecule has 0 spiro atoms. The lowest BCUT2D eigenvalue weighted by Gasteiger charge is -2.01. The molecule has 0 bridgehead atoms. The van der Waals surface area contributed by atoms with Gasteiger partial charge in [-0.15, -0.1) is 5.10 Å². The number of nitrogens with zero attached hydrogens (tertiary/aromatic N) is 4. The number of rotatable bonds is 1. The van der Waals surface area contributed by atoms with Gasteiger partial charge in [0, 0.05) is 25.9 Å². The van der Waals surface area contributed by atoms with Gasteiger partial charge in [0.2, 0.25) is 0 Å². The van der Waals surface area contributed by atoms with Crippen LogP contribution in [0.15, 0.2) is 17.1 Å². The minimum absolute atomic E-state index is 0.164. The van der Waals surface area contributed by atoms with Gasteiger partial charge >= 0.3 is 5.69 Å². The van der Waals surface area contributed by atoms with Crippen LogP contribution in [0.2, 0.25) is 5.15 Å². The first-order chi connectivity index (χ1) is 7.50. The minimum atomic E-state index is -0.164. The average molecular weight is 239 g/mol. The fourth-order valence-corrected chi connectivity index (χ4v) is 1.59. The van der Waals surface area contributed by atoms with E-state index >= 15 is 0 Å². The molecule has 16 heavy (non-hydrogen) atoms. The molecule has 0 aromatic carbocycles. The number of pyridine rings is 1. The Balaban J connectivity index is 2.63. The van der Waals surface area contributed by atoms with Gasteiger partial charge in [0.25, 0.3) is 0 Å². The van der Waals surface area contributed by atoms with Crippen molar-refractivity contribution in [3.63, 3.8) is 0 Å². The Bertz CT molecular complexity index is 599. The molecule has 0 amide bonds. The molecular formula is C10H11ClN4O. The zero-order valence-corrected chi connectivity index (χ0v) is 9.99. The van der Waals surface area contributed by atoms with E-state index in [1.54, 1.807) is 20.3 Å². The first kappa shape index (κ1) is 10.9. The van der Waals surface area contributed by atoms with E-state index in [0.29, 0.717) is 11.0 Å². The van der Waals surface area contributed by atoms with Crippen LogP contribution in [0.5, 0.6) is 0 Å². The van der Waals surface area contributed by atoms with Crippen LogP contribution in [0, 0.1) is 6.92 Å². The van der Waals surface area contributed by atoms with Gasteiger partial charge in [-0.1, -0.05) is 11.6 Å². The van der Waals surface area contributed by atoms with Crippen LogP contribution in [0.3, 0.4) is 0 Å². The van der Waals surface area contributed by atoms with E-state index in [-0.39, 0.29) is 5.69 Å². The maximum atomic E-state index is 11.5. The summed E-state index contributed by atoms with van der Waals surface area (Å²) in [5.41, 5.74) is 1.47. The Morgan fingerprint density at radius 1 is 1.38 bits per heavy atom. The summed E-state index contributed by atoms with van der Waals surface area (Å²) in [7, 11) is 3.29. The number of aromatic nitrogens is 4. The summed E-state index contributed by atoms with van der Waals surface area (Å²) in [6.07, 6.45) is 1.61. The first-order valence-electron chi connectivity index (χ1n) is 4.73. The summed E-state index contributed by atoms with van der Waals surface area (Å²) in [6.45, 7) is 1.86. The van der Waals surface area contributed by atoms with E-state index in [1.165, 1.54) is 9.25 Å². The Labute approximate surface area is 97.3 Å². The van der Waals surface area contributed by atoms with E-state index in [2.05, 4.69) is 10.1 Å². The van der Waals surface area contributed by atoms with Crippen molar-refractivity contribution in [1.82, 2.24) is 19.3 Å². The van der Waals surface area contributed by atoms with Crippen molar-refractivity contribution >= 4 is 11.6 Å². The second-order valence-corrected chi connectivity index (χ2v) is 3.98. The Kier molecular flexibility index (Phi) is 2.55. The third kappa shape index (κ3) is 1.63. The Morgan fingerprint density at radius 3 is 2.56 bits per heavy atom. The molecule has 0 saturated heterocycles. The SMILES string of the molecule is Cc1cc(-c2nn(C)c(=O)n2C)cnc1Cl. The Morgan fingerprint density at radius 2 is 2.06 bits per heavy atom. The average Bonchev–Trinajstić information content (AvgIpc) is 2.50. The maximum Gasteiger partial charge on any atom is 0.345 e. The third-order valence-electron chi connectivity index (χ3n) is 2.40. The molecule has 0 radical (unpaired) electrons. The van der Waals surface area contributed by atoms with Crippen molar-refractivity contribution < 1.29 is 0 Å². The van der Waals surface area contributed by atoms with E-state index in [4.69, 9.17) is 11.6 Å². The van der Waals surface area contributed by atoms with E-state index in [1.807, 2.05) is 13.0 Å². The van der Waals surface area contributed by atoms with Gasteiger partial charge in [0.15, 0.2) is 5.82 Å². The van der Waals surface area contributed by atoms with Gasteiger partial charge in [-0.2, -0.15) is 0 Å². The fraction of sp³-hybridized carbons (Fsp3) is 0.300. The van der Waals surface area contributed by atoms with Crippen molar-refractivity contribution in [3.05, 3.63) is 33.5 Å². The van der Waals surface area contributed by atoms with Crippen LogP contribution in [0.1, 0.15) is 5.56 Å². The molecule has 5 nitrogen and oxygen atoms in total. The predicted octanol–water partition coefficient (Wildman–Crippen LogP) is 1.14. The highest BCUT2D eigenvalue weighted by molar-refractivity contribution is 6.30. The van der Waals surface area contributed by atoms with E-state index in [9.17, 15) is 4.79 Å². The molecule has 0 aliphatic carbocycles. The van der Waals surface area contributed by atoms with Gasteiger partial charge in [0.1, 0.15) is 5.15 Å². The van der Waals surface area contributed by atoms with E-state index < -0.39 is 0 Å². The number of hydrogen-bond donors (Lipinski definition) is 0. The summed E-state index contributed by atoms with van der Waals surface area (Å²) in [4.78, 5) is 15.6. The minimum Gasteiger partial charge on any atom is -0.278 e. The normalized spacial score (nSPS) is 10.8. The summed E-state index contributed by atoms with van der Waals surface area (Å²) < 4.78 is 2.77. The maximum absolute atomic E-state index is 11.5. The van der Waals surface area contributed by atoms with Crippen molar-refractivity contribution in [1.29, 1.82) is 0 Å². The highest BCUT2D eigenvalue weighted by Gasteiger charge is 2.11. The smallest absolute Gasteiger partial charge is 0.278 e. The highest BCUT2D eigenvalue weighted by atomic mass is 35.5. The molecule has 0 aliphatic heterocycles. The molecular weight excluding hydrogens is 228 g/mol. The zero-order valence-electron chi connectivity index (χ0n) is 9.23. The van der Waals surface area contributed by atoms with Crippen LogP contribution in [0.4, 0.5) is 0 Å². The standard InChI is InChI=1S/C10H11ClN4O/c1-6-4-7(5-12-8(6)11)9-13-15(3)10(16)14(9)2/h4-5H,1-3H3. The summed E-state index contributed by atoms with van der Waals surface area (Å²) in [5, 5.41) is 4.60. The van der Waals surface area contributed by atoms with Gasteiger partial charge in [0.05, 0.1) is 0 Å². The molecule has 84 valence electrons. The predicted molar refractivity (Wildman–Crippen MR) is 61.4 cm³/mol. The fourth-order valence-electron chi connectivity index (χ4n) is 1.49. The third-order valence-corrected chi connectivity index (χ3v) is 2.79. The monoisotopic (exact) mass is 238 g/mol. The van der Waals surface area contributed by atoms with Gasteiger partial charge in [-0.05, 0) is 18.6 Å². The van der Waals surface area contributed by atoms with Crippen molar-refractivity contribution in [2.24, 2.45) is 14.1 Å². The van der Waals surface area contributed by atoms with Crippen LogP contribution in [-0.4, -0.2) is 19.3 Å². The second kappa shape index (κ2) is 3.75. The van der Waals surface area contributed by atoms with Gasteiger partial charge in [-0.25, -0.2) is 14.5 Å². The lowest BCUT2D eigenvalue weighted by Crippen LogP contribution is -2.20. The number of halogens is 1. The molecule has 0 fully saturated rings. The number of aryl methyl sites for hydroxylation is 2.